The summed E-state index contributed by atoms with van der Waals surface area (Å²) in [5, 5.41) is 2.86. The van der Waals surface area contributed by atoms with E-state index in [-0.39, 0.29) is 16.8 Å². The van der Waals surface area contributed by atoms with Crippen LogP contribution in [0.3, 0.4) is 0 Å². The molecule has 1 heterocycles. The third kappa shape index (κ3) is 4.52. The topological polar surface area (TPSA) is 92.5 Å². The highest BCUT2D eigenvalue weighted by Gasteiger charge is 2.31. The number of amides is 1. The minimum atomic E-state index is -3.60. The van der Waals surface area contributed by atoms with Crippen molar-refractivity contribution in [1.29, 1.82) is 0 Å². The number of hydrogen-bond donors (Lipinski definition) is 2. The molecule has 0 spiro atoms. The van der Waals surface area contributed by atoms with Crippen LogP contribution in [0.15, 0.2) is 17.0 Å². The van der Waals surface area contributed by atoms with Gasteiger partial charge in [-0.25, -0.2) is 8.42 Å². The molecule has 3 rings (SSSR count). The van der Waals surface area contributed by atoms with E-state index in [4.69, 9.17) is 5.73 Å². The Morgan fingerprint density at radius 2 is 1.85 bits per heavy atom. The highest BCUT2D eigenvalue weighted by atomic mass is 32.2. The first-order valence-corrected chi connectivity index (χ1v) is 11.3. The molecule has 2 aliphatic rings. The Bertz CT molecular complexity index is 810. The molecular weight excluding hydrogens is 362 g/mol. The number of hydrogen-bond acceptors (Lipinski definition) is 4. The SMILES string of the molecule is Cc1cc(C(=O)NCC(N)C2CC2)cc(S(=O)(=O)N2CCC(C)CC2)c1C. The summed E-state index contributed by atoms with van der Waals surface area (Å²) in [6.45, 7) is 7.29. The van der Waals surface area contributed by atoms with Gasteiger partial charge < -0.3 is 11.1 Å². The maximum Gasteiger partial charge on any atom is 0.251 e. The largest absolute Gasteiger partial charge is 0.350 e. The lowest BCUT2D eigenvalue weighted by molar-refractivity contribution is 0.0950. The van der Waals surface area contributed by atoms with Gasteiger partial charge in [0.05, 0.1) is 4.90 Å². The summed E-state index contributed by atoms with van der Waals surface area (Å²) in [6, 6.07) is 3.25. The number of carbonyl (C=O) groups excluding carboxylic acids is 1. The van der Waals surface area contributed by atoms with Crippen LogP contribution in [0.1, 0.15) is 54.1 Å². The highest BCUT2D eigenvalue weighted by molar-refractivity contribution is 7.89. The van der Waals surface area contributed by atoms with Crippen LogP contribution in [0.2, 0.25) is 0 Å². The van der Waals surface area contributed by atoms with E-state index in [1.165, 1.54) is 6.07 Å². The van der Waals surface area contributed by atoms with E-state index in [9.17, 15) is 13.2 Å². The maximum absolute atomic E-state index is 13.2. The van der Waals surface area contributed by atoms with Crippen LogP contribution >= 0.6 is 0 Å². The molecule has 0 radical (unpaired) electrons. The molecule has 1 aromatic rings. The average Bonchev–Trinajstić information content (AvgIpc) is 3.47. The molecule has 150 valence electrons. The number of carbonyl (C=O) groups is 1. The second kappa shape index (κ2) is 7.89. The summed E-state index contributed by atoms with van der Waals surface area (Å²) in [5.41, 5.74) is 7.94. The quantitative estimate of drug-likeness (QED) is 0.775. The Morgan fingerprint density at radius 1 is 1.22 bits per heavy atom. The number of rotatable bonds is 6. The van der Waals surface area contributed by atoms with E-state index in [2.05, 4.69) is 12.2 Å². The van der Waals surface area contributed by atoms with Crippen molar-refractivity contribution in [3.05, 3.63) is 28.8 Å². The Kier molecular flexibility index (Phi) is 5.93. The zero-order valence-corrected chi connectivity index (χ0v) is 17.3. The summed E-state index contributed by atoms with van der Waals surface area (Å²) in [6.07, 6.45) is 3.99. The lowest BCUT2D eigenvalue weighted by Gasteiger charge is -2.30. The van der Waals surface area contributed by atoms with Crippen molar-refractivity contribution in [1.82, 2.24) is 9.62 Å². The fourth-order valence-corrected chi connectivity index (χ4v) is 5.39. The Morgan fingerprint density at radius 3 is 2.44 bits per heavy atom. The predicted molar refractivity (Wildman–Crippen MR) is 106 cm³/mol. The van der Waals surface area contributed by atoms with Crippen LogP contribution in [-0.4, -0.2) is 44.3 Å². The summed E-state index contributed by atoms with van der Waals surface area (Å²) in [7, 11) is -3.60. The van der Waals surface area contributed by atoms with Crippen molar-refractivity contribution in [2.24, 2.45) is 17.6 Å². The fourth-order valence-electron chi connectivity index (χ4n) is 3.59. The zero-order chi connectivity index (χ0) is 19.8. The van der Waals surface area contributed by atoms with Gasteiger partial charge in [0.25, 0.3) is 5.91 Å². The standard InChI is InChI=1S/C20H31N3O3S/c1-13-6-8-23(9-7-13)27(25,26)19-11-17(10-14(2)15(19)3)20(24)22-12-18(21)16-4-5-16/h10-11,13,16,18H,4-9,12,21H2,1-3H3,(H,22,24). The lowest BCUT2D eigenvalue weighted by atomic mass is 10.0. The molecular formula is C20H31N3O3S. The second-order valence-electron chi connectivity index (χ2n) is 8.21. The third-order valence-electron chi connectivity index (χ3n) is 5.97. The molecule has 0 bridgehead atoms. The summed E-state index contributed by atoms with van der Waals surface area (Å²) < 4.78 is 27.9. The van der Waals surface area contributed by atoms with Crippen LogP contribution in [0.4, 0.5) is 0 Å². The Hall–Kier alpha value is -1.44. The minimum absolute atomic E-state index is 0.0287. The van der Waals surface area contributed by atoms with Crippen LogP contribution in [0.5, 0.6) is 0 Å². The molecule has 0 aromatic heterocycles. The molecule has 2 fully saturated rings. The average molecular weight is 394 g/mol. The van der Waals surface area contributed by atoms with E-state index < -0.39 is 10.0 Å². The number of sulfonamides is 1. The number of piperidine rings is 1. The summed E-state index contributed by atoms with van der Waals surface area (Å²) >= 11 is 0. The Labute approximate surface area is 162 Å². The van der Waals surface area contributed by atoms with E-state index in [0.29, 0.717) is 42.6 Å². The van der Waals surface area contributed by atoms with Crippen LogP contribution in [-0.2, 0) is 10.0 Å². The molecule has 3 N–H and O–H groups in total. The summed E-state index contributed by atoms with van der Waals surface area (Å²) in [4.78, 5) is 12.8. The lowest BCUT2D eigenvalue weighted by Crippen LogP contribution is -2.39. The molecule has 6 nitrogen and oxygen atoms in total. The fraction of sp³-hybridized carbons (Fsp3) is 0.650. The molecule has 1 aliphatic carbocycles. The molecule has 1 saturated carbocycles. The summed E-state index contributed by atoms with van der Waals surface area (Å²) in [5.74, 6) is 0.785. The molecule has 1 saturated heterocycles. The van der Waals surface area contributed by atoms with Gasteiger partial charge >= 0.3 is 0 Å². The minimum Gasteiger partial charge on any atom is -0.350 e. The van der Waals surface area contributed by atoms with E-state index in [1.54, 1.807) is 17.3 Å². The number of nitrogens with zero attached hydrogens (tertiary/aromatic N) is 1. The van der Waals surface area contributed by atoms with Crippen molar-refractivity contribution in [3.8, 4) is 0 Å². The van der Waals surface area contributed by atoms with E-state index in [0.717, 1.165) is 31.2 Å². The van der Waals surface area contributed by atoms with Gasteiger partial charge in [-0.3, -0.25) is 4.79 Å². The van der Waals surface area contributed by atoms with E-state index >= 15 is 0 Å². The van der Waals surface area contributed by atoms with Gasteiger partial charge in [0.1, 0.15) is 0 Å². The van der Waals surface area contributed by atoms with Crippen molar-refractivity contribution in [3.63, 3.8) is 0 Å². The van der Waals surface area contributed by atoms with Gasteiger partial charge in [-0.15, -0.1) is 0 Å². The van der Waals surface area contributed by atoms with Crippen LogP contribution in [0, 0.1) is 25.7 Å². The monoisotopic (exact) mass is 393 g/mol. The zero-order valence-electron chi connectivity index (χ0n) is 16.5. The number of nitrogens with two attached hydrogens (primary N) is 1. The molecule has 1 atom stereocenters. The molecule has 1 aromatic carbocycles. The first-order chi connectivity index (χ1) is 12.7. The van der Waals surface area contributed by atoms with Gasteiger partial charge in [0.2, 0.25) is 10.0 Å². The molecule has 27 heavy (non-hydrogen) atoms. The highest BCUT2D eigenvalue weighted by Crippen LogP contribution is 2.31. The van der Waals surface area contributed by atoms with Crippen molar-refractivity contribution >= 4 is 15.9 Å². The van der Waals surface area contributed by atoms with Crippen molar-refractivity contribution < 1.29 is 13.2 Å². The first kappa shape index (κ1) is 20.3. The second-order valence-corrected chi connectivity index (χ2v) is 10.1. The van der Waals surface area contributed by atoms with E-state index in [1.807, 2.05) is 6.92 Å². The Balaban J connectivity index is 1.81. The van der Waals surface area contributed by atoms with Gasteiger partial charge in [-0.2, -0.15) is 4.31 Å². The van der Waals surface area contributed by atoms with Gasteiger partial charge in [0.15, 0.2) is 0 Å². The molecule has 1 aliphatic heterocycles. The van der Waals surface area contributed by atoms with Crippen LogP contribution in [0.25, 0.3) is 0 Å². The number of aryl methyl sites for hydroxylation is 1. The van der Waals surface area contributed by atoms with Gasteiger partial charge in [-0.1, -0.05) is 6.92 Å². The van der Waals surface area contributed by atoms with Crippen molar-refractivity contribution in [2.45, 2.75) is 57.4 Å². The predicted octanol–water partition coefficient (Wildman–Crippen LogP) is 2.19. The first-order valence-electron chi connectivity index (χ1n) is 9.85. The maximum atomic E-state index is 13.2. The van der Waals surface area contributed by atoms with Crippen molar-refractivity contribution in [2.75, 3.05) is 19.6 Å². The number of nitrogens with one attached hydrogen (secondary N) is 1. The van der Waals surface area contributed by atoms with Crippen LogP contribution < -0.4 is 11.1 Å². The molecule has 1 unspecified atom stereocenters. The normalized spacial score (nSPS) is 20.4. The van der Waals surface area contributed by atoms with Gasteiger partial charge in [0, 0.05) is 31.2 Å². The van der Waals surface area contributed by atoms with Gasteiger partial charge in [-0.05, 0) is 74.6 Å². The molecule has 7 heteroatoms. The number of benzene rings is 1. The molecule has 1 amide bonds. The smallest absolute Gasteiger partial charge is 0.251 e. The third-order valence-corrected chi connectivity index (χ3v) is 7.99.